The predicted octanol–water partition coefficient (Wildman–Crippen LogP) is 2.10. The van der Waals surface area contributed by atoms with E-state index in [0.717, 1.165) is 4.47 Å². The molecule has 0 aromatic heterocycles. The molecule has 1 atom stereocenters. The van der Waals surface area contributed by atoms with Crippen LogP contribution in [0.4, 0.5) is 0 Å². The summed E-state index contributed by atoms with van der Waals surface area (Å²) in [6.45, 7) is 0. The number of carboxylic acids is 1. The minimum Gasteiger partial charge on any atom is -0.507 e. The summed E-state index contributed by atoms with van der Waals surface area (Å²) in [6, 6.07) is 4.29. The second-order valence-corrected chi connectivity index (χ2v) is 5.19. The zero-order valence-corrected chi connectivity index (χ0v) is 10.5. The van der Waals surface area contributed by atoms with Gasteiger partial charge in [0.15, 0.2) is 6.04 Å². The van der Waals surface area contributed by atoms with Gasteiger partial charge in [-0.25, -0.2) is 4.79 Å². The van der Waals surface area contributed by atoms with Crippen molar-refractivity contribution in [1.29, 1.82) is 0 Å². The molecular formula is C10H8BrNO3S. The molecule has 1 aliphatic heterocycles. The van der Waals surface area contributed by atoms with E-state index in [4.69, 9.17) is 5.11 Å². The van der Waals surface area contributed by atoms with Gasteiger partial charge in [-0.05, 0) is 18.2 Å². The third-order valence-corrected chi connectivity index (χ3v) is 3.70. The van der Waals surface area contributed by atoms with Crippen LogP contribution < -0.4 is 0 Å². The molecule has 0 fully saturated rings. The average molecular weight is 302 g/mol. The third kappa shape index (κ3) is 2.22. The van der Waals surface area contributed by atoms with Crippen molar-refractivity contribution in [2.45, 2.75) is 6.04 Å². The second kappa shape index (κ2) is 4.47. The van der Waals surface area contributed by atoms with Gasteiger partial charge in [0.25, 0.3) is 0 Å². The highest BCUT2D eigenvalue weighted by Gasteiger charge is 2.26. The van der Waals surface area contributed by atoms with Crippen molar-refractivity contribution >= 4 is 38.7 Å². The lowest BCUT2D eigenvalue weighted by atomic mass is 10.2. The number of nitrogens with zero attached hydrogens (tertiary/aromatic N) is 1. The normalized spacial score (nSPS) is 19.6. The molecule has 6 heteroatoms. The molecule has 1 aliphatic rings. The lowest BCUT2D eigenvalue weighted by Gasteiger charge is -2.03. The number of phenolic OH excluding ortho intramolecular Hbond substituents is 1. The molecule has 2 rings (SSSR count). The average Bonchev–Trinajstić information content (AvgIpc) is 2.70. The number of benzene rings is 1. The van der Waals surface area contributed by atoms with Crippen molar-refractivity contribution in [3.63, 3.8) is 0 Å². The molecule has 1 aromatic carbocycles. The molecule has 0 saturated carbocycles. The number of hydrogen-bond donors (Lipinski definition) is 2. The van der Waals surface area contributed by atoms with Crippen LogP contribution in [-0.4, -0.2) is 33.0 Å². The number of thioether (sulfide) groups is 1. The Balaban J connectivity index is 2.35. The second-order valence-electron chi connectivity index (χ2n) is 3.26. The van der Waals surface area contributed by atoms with Gasteiger partial charge >= 0.3 is 5.97 Å². The Morgan fingerprint density at radius 3 is 2.94 bits per heavy atom. The molecular weight excluding hydrogens is 294 g/mol. The summed E-state index contributed by atoms with van der Waals surface area (Å²) < 4.78 is 0.822. The third-order valence-electron chi connectivity index (χ3n) is 2.13. The smallest absolute Gasteiger partial charge is 0.329 e. The predicted molar refractivity (Wildman–Crippen MR) is 66.2 cm³/mol. The Labute approximate surface area is 105 Å². The summed E-state index contributed by atoms with van der Waals surface area (Å²) in [5.74, 6) is -0.408. The number of carbonyl (C=O) groups is 1. The minimum absolute atomic E-state index is 0.112. The minimum atomic E-state index is -0.933. The first-order valence-corrected chi connectivity index (χ1v) is 6.28. The summed E-state index contributed by atoms with van der Waals surface area (Å²) in [5.41, 5.74) is 0.572. The highest BCUT2D eigenvalue weighted by molar-refractivity contribution is 9.10. The lowest BCUT2D eigenvalue weighted by Crippen LogP contribution is -2.17. The van der Waals surface area contributed by atoms with Crippen LogP contribution in [0, 0.1) is 0 Å². The van der Waals surface area contributed by atoms with Gasteiger partial charge in [-0.2, -0.15) is 0 Å². The molecule has 1 aromatic rings. The monoisotopic (exact) mass is 301 g/mol. The van der Waals surface area contributed by atoms with Crippen molar-refractivity contribution < 1.29 is 15.0 Å². The SMILES string of the molecule is O=C(O)C1CSC(c2cc(Br)ccc2O)=N1. The van der Waals surface area contributed by atoms with Crippen LogP contribution in [0.3, 0.4) is 0 Å². The Hall–Kier alpha value is -1.01. The van der Waals surface area contributed by atoms with E-state index in [-0.39, 0.29) is 5.75 Å². The summed E-state index contributed by atoms with van der Waals surface area (Å²) in [6.07, 6.45) is 0. The number of aromatic hydroxyl groups is 1. The summed E-state index contributed by atoms with van der Waals surface area (Å²) >= 11 is 4.64. The van der Waals surface area contributed by atoms with Gasteiger partial charge in [0.1, 0.15) is 10.8 Å². The number of aliphatic carboxylic acids is 1. The van der Waals surface area contributed by atoms with Crippen molar-refractivity contribution in [2.75, 3.05) is 5.75 Å². The van der Waals surface area contributed by atoms with Gasteiger partial charge in [0.2, 0.25) is 0 Å². The Bertz CT molecular complexity index is 475. The fraction of sp³-hybridized carbons (Fsp3) is 0.200. The van der Waals surface area contributed by atoms with Crippen molar-refractivity contribution in [1.82, 2.24) is 0 Å². The largest absolute Gasteiger partial charge is 0.507 e. The van der Waals surface area contributed by atoms with Crippen molar-refractivity contribution in [3.8, 4) is 5.75 Å². The number of hydrogen-bond acceptors (Lipinski definition) is 4. The number of halogens is 1. The first kappa shape index (κ1) is 11.5. The molecule has 1 heterocycles. The molecule has 0 spiro atoms. The zero-order valence-electron chi connectivity index (χ0n) is 8.05. The Kier molecular flexibility index (Phi) is 3.20. The molecule has 4 nitrogen and oxygen atoms in total. The van der Waals surface area contributed by atoms with E-state index in [2.05, 4.69) is 20.9 Å². The van der Waals surface area contributed by atoms with Crippen molar-refractivity contribution in [3.05, 3.63) is 28.2 Å². The van der Waals surface area contributed by atoms with Crippen LogP contribution in [0.25, 0.3) is 0 Å². The molecule has 0 amide bonds. The number of carboxylic acid groups (broad SMARTS) is 1. The van der Waals surface area contributed by atoms with Gasteiger partial charge < -0.3 is 10.2 Å². The van der Waals surface area contributed by atoms with E-state index in [1.165, 1.54) is 11.8 Å². The molecule has 0 radical (unpaired) electrons. The topological polar surface area (TPSA) is 69.9 Å². The van der Waals surface area contributed by atoms with E-state index in [1.54, 1.807) is 18.2 Å². The van der Waals surface area contributed by atoms with Crippen LogP contribution in [-0.2, 0) is 4.79 Å². The van der Waals surface area contributed by atoms with E-state index < -0.39 is 12.0 Å². The molecule has 0 saturated heterocycles. The maximum absolute atomic E-state index is 10.7. The van der Waals surface area contributed by atoms with Gasteiger partial charge in [0, 0.05) is 15.8 Å². The lowest BCUT2D eigenvalue weighted by molar-refractivity contribution is -0.137. The zero-order chi connectivity index (χ0) is 11.7. The molecule has 0 bridgehead atoms. The standard InChI is InChI=1S/C10H8BrNO3S/c11-5-1-2-8(13)6(3-5)9-12-7(4-16-9)10(14)15/h1-3,7,13H,4H2,(H,14,15). The maximum atomic E-state index is 10.7. The number of aliphatic imine (C=N–C) groups is 1. The fourth-order valence-electron chi connectivity index (χ4n) is 1.33. The van der Waals surface area contributed by atoms with Gasteiger partial charge in [-0.15, -0.1) is 11.8 Å². The summed E-state index contributed by atoms with van der Waals surface area (Å²) in [5, 5.41) is 19.0. The van der Waals surface area contributed by atoms with Crippen LogP contribution in [0.15, 0.2) is 27.7 Å². The van der Waals surface area contributed by atoms with Crippen LogP contribution in [0.5, 0.6) is 5.75 Å². The highest BCUT2D eigenvalue weighted by atomic mass is 79.9. The van der Waals surface area contributed by atoms with Crippen LogP contribution in [0.2, 0.25) is 0 Å². The summed E-state index contributed by atoms with van der Waals surface area (Å²) in [4.78, 5) is 14.8. The quantitative estimate of drug-likeness (QED) is 0.878. The van der Waals surface area contributed by atoms with Crippen molar-refractivity contribution in [2.24, 2.45) is 4.99 Å². The molecule has 84 valence electrons. The molecule has 2 N–H and O–H groups in total. The van der Waals surface area contributed by atoms with E-state index in [1.807, 2.05) is 0 Å². The highest BCUT2D eigenvalue weighted by Crippen LogP contribution is 2.30. The van der Waals surface area contributed by atoms with Crippen LogP contribution in [0.1, 0.15) is 5.56 Å². The number of rotatable bonds is 2. The Morgan fingerprint density at radius 1 is 1.56 bits per heavy atom. The Morgan fingerprint density at radius 2 is 2.31 bits per heavy atom. The van der Waals surface area contributed by atoms with Gasteiger partial charge in [0.05, 0.1) is 0 Å². The molecule has 16 heavy (non-hydrogen) atoms. The fourth-order valence-corrected chi connectivity index (χ4v) is 2.74. The summed E-state index contributed by atoms with van der Waals surface area (Å²) in [7, 11) is 0. The molecule has 0 aliphatic carbocycles. The van der Waals surface area contributed by atoms with Crippen LogP contribution >= 0.6 is 27.7 Å². The number of phenols is 1. The van der Waals surface area contributed by atoms with Gasteiger partial charge in [-0.1, -0.05) is 15.9 Å². The van der Waals surface area contributed by atoms with E-state index in [0.29, 0.717) is 16.4 Å². The molecule has 1 unspecified atom stereocenters. The first-order valence-electron chi connectivity index (χ1n) is 4.50. The van der Waals surface area contributed by atoms with Gasteiger partial charge in [-0.3, -0.25) is 4.99 Å². The maximum Gasteiger partial charge on any atom is 0.329 e. The first-order chi connectivity index (χ1) is 7.58. The van der Waals surface area contributed by atoms with E-state index in [9.17, 15) is 9.90 Å². The van der Waals surface area contributed by atoms with E-state index >= 15 is 0 Å².